The van der Waals surface area contributed by atoms with Crippen molar-refractivity contribution < 1.29 is 9.15 Å². The lowest BCUT2D eigenvalue weighted by molar-refractivity contribution is 0.298. The molecule has 0 aliphatic heterocycles. The molecule has 120 valence electrons. The zero-order chi connectivity index (χ0) is 16.7. The van der Waals surface area contributed by atoms with E-state index in [4.69, 9.17) is 9.15 Å². The van der Waals surface area contributed by atoms with E-state index in [1.165, 1.54) is 23.7 Å². The molecule has 24 heavy (non-hydrogen) atoms. The number of aryl methyl sites for hydroxylation is 2. The lowest BCUT2D eigenvalue weighted by atomic mass is 10.0. The standard InChI is InChI=1S/C18H14N2O3S/c1-10-3-4-13-12(7-15(21)23-16(13)11(10)2)8-22-17-14-5-6-24-18(14)20-9-19-17/h3-7,9H,8H2,1-2H3. The Labute approximate surface area is 141 Å². The normalized spacial score (nSPS) is 11.2. The Kier molecular flexibility index (Phi) is 3.54. The van der Waals surface area contributed by atoms with Crippen LogP contribution in [0.1, 0.15) is 16.7 Å². The van der Waals surface area contributed by atoms with Crippen LogP contribution in [0.3, 0.4) is 0 Å². The molecule has 4 aromatic rings. The number of ether oxygens (including phenoxy) is 1. The first-order valence-corrected chi connectivity index (χ1v) is 8.35. The SMILES string of the molecule is Cc1ccc2c(COc3ncnc4sccc34)cc(=O)oc2c1C. The van der Waals surface area contributed by atoms with Crippen LogP contribution in [-0.4, -0.2) is 9.97 Å². The molecule has 0 N–H and O–H groups in total. The van der Waals surface area contributed by atoms with Crippen molar-refractivity contribution in [1.82, 2.24) is 9.97 Å². The maximum Gasteiger partial charge on any atom is 0.336 e. The third-order valence-electron chi connectivity index (χ3n) is 4.11. The smallest absolute Gasteiger partial charge is 0.336 e. The van der Waals surface area contributed by atoms with E-state index in [-0.39, 0.29) is 12.2 Å². The van der Waals surface area contributed by atoms with Gasteiger partial charge in [0.1, 0.15) is 23.3 Å². The monoisotopic (exact) mass is 338 g/mol. The molecule has 3 heterocycles. The molecular weight excluding hydrogens is 324 g/mol. The maximum absolute atomic E-state index is 11.9. The molecule has 0 atom stereocenters. The molecule has 1 aromatic carbocycles. The van der Waals surface area contributed by atoms with Gasteiger partial charge in [-0.3, -0.25) is 0 Å². The van der Waals surface area contributed by atoms with Gasteiger partial charge in [0.05, 0.1) is 5.39 Å². The molecule has 0 aliphatic rings. The van der Waals surface area contributed by atoms with Crippen LogP contribution >= 0.6 is 11.3 Å². The van der Waals surface area contributed by atoms with Gasteiger partial charge in [0.2, 0.25) is 5.88 Å². The molecule has 4 rings (SSSR count). The summed E-state index contributed by atoms with van der Waals surface area (Å²) in [7, 11) is 0. The summed E-state index contributed by atoms with van der Waals surface area (Å²) in [5.74, 6) is 0.520. The second kappa shape index (κ2) is 5.72. The lowest BCUT2D eigenvalue weighted by Gasteiger charge is -2.10. The summed E-state index contributed by atoms with van der Waals surface area (Å²) in [5, 5.41) is 3.71. The molecule has 0 radical (unpaired) electrons. The molecule has 0 saturated heterocycles. The number of benzene rings is 1. The van der Waals surface area contributed by atoms with E-state index in [9.17, 15) is 4.79 Å². The zero-order valence-corrected chi connectivity index (χ0v) is 14.0. The van der Waals surface area contributed by atoms with Crippen LogP contribution in [0.25, 0.3) is 21.2 Å². The number of rotatable bonds is 3. The van der Waals surface area contributed by atoms with Gasteiger partial charge in [-0.15, -0.1) is 11.3 Å². The van der Waals surface area contributed by atoms with Crippen LogP contribution in [0, 0.1) is 13.8 Å². The molecule has 5 nitrogen and oxygen atoms in total. The average Bonchev–Trinajstić information content (AvgIpc) is 3.05. The molecule has 3 aromatic heterocycles. The van der Waals surface area contributed by atoms with Crippen LogP contribution in [0.4, 0.5) is 0 Å². The van der Waals surface area contributed by atoms with Crippen LogP contribution in [0.2, 0.25) is 0 Å². The van der Waals surface area contributed by atoms with E-state index in [1.807, 2.05) is 37.4 Å². The quantitative estimate of drug-likeness (QED) is 0.528. The van der Waals surface area contributed by atoms with E-state index < -0.39 is 0 Å². The molecule has 0 saturated carbocycles. The van der Waals surface area contributed by atoms with Crippen LogP contribution in [0.15, 0.2) is 45.2 Å². The van der Waals surface area contributed by atoms with Gasteiger partial charge in [-0.2, -0.15) is 0 Å². The fraction of sp³-hybridized carbons (Fsp3) is 0.167. The van der Waals surface area contributed by atoms with Crippen molar-refractivity contribution in [3.8, 4) is 5.88 Å². The molecule has 0 amide bonds. The Hall–Kier alpha value is -2.73. The van der Waals surface area contributed by atoms with Gasteiger partial charge in [0.15, 0.2) is 0 Å². The second-order valence-electron chi connectivity index (χ2n) is 5.58. The second-order valence-corrected chi connectivity index (χ2v) is 6.48. The molecule has 0 unspecified atom stereocenters. The lowest BCUT2D eigenvalue weighted by Crippen LogP contribution is -2.05. The van der Waals surface area contributed by atoms with Crippen LogP contribution in [-0.2, 0) is 6.61 Å². The molecule has 0 spiro atoms. The van der Waals surface area contributed by atoms with E-state index in [0.29, 0.717) is 11.5 Å². The van der Waals surface area contributed by atoms with Crippen LogP contribution < -0.4 is 10.4 Å². The minimum atomic E-state index is -0.377. The van der Waals surface area contributed by atoms with Gasteiger partial charge in [-0.25, -0.2) is 14.8 Å². The highest BCUT2D eigenvalue weighted by Crippen LogP contribution is 2.28. The van der Waals surface area contributed by atoms with Crippen molar-refractivity contribution in [2.24, 2.45) is 0 Å². The number of nitrogens with zero attached hydrogens (tertiary/aromatic N) is 2. The Bertz CT molecular complexity index is 1110. The van der Waals surface area contributed by atoms with E-state index in [2.05, 4.69) is 9.97 Å². The van der Waals surface area contributed by atoms with E-state index in [0.717, 1.165) is 32.3 Å². The topological polar surface area (TPSA) is 65.2 Å². The number of hydrogen-bond acceptors (Lipinski definition) is 6. The number of aromatic nitrogens is 2. The fourth-order valence-electron chi connectivity index (χ4n) is 2.67. The summed E-state index contributed by atoms with van der Waals surface area (Å²) < 4.78 is 11.3. The van der Waals surface area contributed by atoms with E-state index >= 15 is 0 Å². The molecule has 6 heteroatoms. The summed E-state index contributed by atoms with van der Waals surface area (Å²) in [4.78, 5) is 21.2. The van der Waals surface area contributed by atoms with Gasteiger partial charge in [0.25, 0.3) is 0 Å². The van der Waals surface area contributed by atoms with Crippen molar-refractivity contribution >= 4 is 32.5 Å². The van der Waals surface area contributed by atoms with Crippen molar-refractivity contribution in [1.29, 1.82) is 0 Å². The molecule has 0 aliphatic carbocycles. The zero-order valence-electron chi connectivity index (χ0n) is 13.2. The van der Waals surface area contributed by atoms with Crippen molar-refractivity contribution in [2.75, 3.05) is 0 Å². The fourth-order valence-corrected chi connectivity index (χ4v) is 3.40. The largest absolute Gasteiger partial charge is 0.472 e. The number of thiophene rings is 1. The van der Waals surface area contributed by atoms with Gasteiger partial charge in [-0.05, 0) is 36.4 Å². The molecule has 0 bridgehead atoms. The third kappa shape index (κ3) is 2.45. The van der Waals surface area contributed by atoms with Crippen molar-refractivity contribution in [3.63, 3.8) is 0 Å². The summed E-state index contributed by atoms with van der Waals surface area (Å²) in [5.41, 5.74) is 3.07. The highest BCUT2D eigenvalue weighted by Gasteiger charge is 2.12. The van der Waals surface area contributed by atoms with Crippen molar-refractivity contribution in [3.05, 3.63) is 63.1 Å². The third-order valence-corrected chi connectivity index (χ3v) is 4.93. The number of fused-ring (bicyclic) bond motifs is 2. The van der Waals surface area contributed by atoms with Gasteiger partial charge in [-0.1, -0.05) is 12.1 Å². The number of hydrogen-bond donors (Lipinski definition) is 0. The van der Waals surface area contributed by atoms with Crippen molar-refractivity contribution in [2.45, 2.75) is 20.5 Å². The Morgan fingerprint density at radius 3 is 2.92 bits per heavy atom. The summed E-state index contributed by atoms with van der Waals surface area (Å²) in [6.45, 7) is 4.18. The van der Waals surface area contributed by atoms with Crippen LogP contribution in [0.5, 0.6) is 5.88 Å². The highest BCUT2D eigenvalue weighted by molar-refractivity contribution is 7.16. The minimum Gasteiger partial charge on any atom is -0.472 e. The Morgan fingerprint density at radius 1 is 1.17 bits per heavy atom. The first-order chi connectivity index (χ1) is 11.6. The predicted octanol–water partition coefficient (Wildman–Crippen LogP) is 3.99. The molecule has 0 fully saturated rings. The Balaban J connectivity index is 1.76. The average molecular weight is 338 g/mol. The minimum absolute atomic E-state index is 0.243. The van der Waals surface area contributed by atoms with Gasteiger partial charge < -0.3 is 9.15 Å². The first kappa shape index (κ1) is 14.8. The summed E-state index contributed by atoms with van der Waals surface area (Å²) >= 11 is 1.54. The highest BCUT2D eigenvalue weighted by atomic mass is 32.1. The predicted molar refractivity (Wildman–Crippen MR) is 93.7 cm³/mol. The summed E-state index contributed by atoms with van der Waals surface area (Å²) in [6, 6.07) is 7.38. The Morgan fingerprint density at radius 2 is 2.04 bits per heavy atom. The van der Waals surface area contributed by atoms with Gasteiger partial charge >= 0.3 is 5.63 Å². The van der Waals surface area contributed by atoms with E-state index in [1.54, 1.807) is 0 Å². The molecular formula is C18H14N2O3S. The first-order valence-electron chi connectivity index (χ1n) is 7.47. The van der Waals surface area contributed by atoms with Gasteiger partial charge in [0, 0.05) is 17.0 Å². The maximum atomic E-state index is 11.9. The summed E-state index contributed by atoms with van der Waals surface area (Å²) in [6.07, 6.45) is 1.49.